The van der Waals surface area contributed by atoms with E-state index in [1.165, 1.54) is 0 Å². The summed E-state index contributed by atoms with van der Waals surface area (Å²) in [5, 5.41) is 11.8. The molecule has 1 aromatic rings. The molecule has 0 radical (unpaired) electrons. The zero-order valence-corrected chi connectivity index (χ0v) is 11.7. The molecule has 0 unspecified atom stereocenters. The SMILES string of the molecule is CCCOc1ccc(CNCC(=O)O)cc1Cl.Cl. The molecule has 1 rings (SSSR count). The molecule has 0 atom stereocenters. The Bertz CT molecular complexity index is 386. The van der Waals surface area contributed by atoms with Gasteiger partial charge in [-0.15, -0.1) is 12.4 Å². The summed E-state index contributed by atoms with van der Waals surface area (Å²) >= 11 is 6.04. The second kappa shape index (κ2) is 9.03. The van der Waals surface area contributed by atoms with Gasteiger partial charge in [-0.05, 0) is 24.1 Å². The maximum atomic E-state index is 10.3. The van der Waals surface area contributed by atoms with Gasteiger partial charge in [-0.2, -0.15) is 0 Å². The van der Waals surface area contributed by atoms with E-state index in [0.717, 1.165) is 12.0 Å². The number of carbonyl (C=O) groups is 1. The van der Waals surface area contributed by atoms with Crippen molar-refractivity contribution in [3.8, 4) is 5.75 Å². The number of hydrogen-bond acceptors (Lipinski definition) is 3. The average Bonchev–Trinajstić information content (AvgIpc) is 2.27. The zero-order valence-electron chi connectivity index (χ0n) is 10.1. The van der Waals surface area contributed by atoms with Gasteiger partial charge in [0.2, 0.25) is 0 Å². The van der Waals surface area contributed by atoms with Gasteiger partial charge in [0.1, 0.15) is 5.75 Å². The number of hydrogen-bond donors (Lipinski definition) is 2. The van der Waals surface area contributed by atoms with E-state index in [1.807, 2.05) is 13.0 Å². The third-order valence-electron chi connectivity index (χ3n) is 2.06. The van der Waals surface area contributed by atoms with Crippen molar-refractivity contribution in [3.63, 3.8) is 0 Å². The first-order chi connectivity index (χ1) is 8.13. The molecule has 0 aliphatic rings. The molecule has 0 saturated heterocycles. The van der Waals surface area contributed by atoms with Gasteiger partial charge < -0.3 is 15.2 Å². The minimum Gasteiger partial charge on any atom is -0.492 e. The van der Waals surface area contributed by atoms with E-state index in [1.54, 1.807) is 12.1 Å². The zero-order chi connectivity index (χ0) is 12.7. The van der Waals surface area contributed by atoms with Gasteiger partial charge in [-0.25, -0.2) is 0 Å². The Kier molecular flexibility index (Phi) is 8.54. The van der Waals surface area contributed by atoms with Gasteiger partial charge in [-0.3, -0.25) is 4.79 Å². The molecule has 6 heteroatoms. The molecule has 0 aliphatic heterocycles. The van der Waals surface area contributed by atoms with Gasteiger partial charge in [0.05, 0.1) is 18.2 Å². The summed E-state index contributed by atoms with van der Waals surface area (Å²) in [6.07, 6.45) is 0.929. The van der Waals surface area contributed by atoms with Crippen molar-refractivity contribution >= 4 is 30.0 Å². The Morgan fingerprint density at radius 3 is 2.78 bits per heavy atom. The topological polar surface area (TPSA) is 58.6 Å². The molecule has 0 bridgehead atoms. The van der Waals surface area contributed by atoms with Crippen molar-refractivity contribution in [2.45, 2.75) is 19.9 Å². The number of benzene rings is 1. The molecule has 4 nitrogen and oxygen atoms in total. The second-order valence-corrected chi connectivity index (χ2v) is 4.02. The number of halogens is 2. The molecule has 0 aromatic heterocycles. The van der Waals surface area contributed by atoms with Crippen LogP contribution in [-0.2, 0) is 11.3 Å². The highest BCUT2D eigenvalue weighted by Crippen LogP contribution is 2.25. The average molecular weight is 294 g/mol. The number of nitrogens with one attached hydrogen (secondary N) is 1. The summed E-state index contributed by atoms with van der Waals surface area (Å²) in [7, 11) is 0. The van der Waals surface area contributed by atoms with Gasteiger partial charge >= 0.3 is 5.97 Å². The number of ether oxygens (including phenoxy) is 1. The fourth-order valence-electron chi connectivity index (χ4n) is 1.30. The van der Waals surface area contributed by atoms with Crippen LogP contribution in [0.5, 0.6) is 5.75 Å². The standard InChI is InChI=1S/C12H16ClNO3.ClH/c1-2-5-17-11-4-3-9(6-10(11)13)7-14-8-12(15)16;/h3-4,6,14H,2,5,7-8H2,1H3,(H,15,16);1H. The van der Waals surface area contributed by atoms with E-state index in [0.29, 0.717) is 23.9 Å². The van der Waals surface area contributed by atoms with E-state index in [4.69, 9.17) is 21.4 Å². The van der Waals surface area contributed by atoms with Crippen molar-refractivity contribution < 1.29 is 14.6 Å². The van der Waals surface area contributed by atoms with Crippen LogP contribution in [0, 0.1) is 0 Å². The highest BCUT2D eigenvalue weighted by atomic mass is 35.5. The molecule has 2 N–H and O–H groups in total. The Hall–Kier alpha value is -0.970. The molecule has 0 spiro atoms. The molecule has 102 valence electrons. The van der Waals surface area contributed by atoms with Crippen molar-refractivity contribution in [2.24, 2.45) is 0 Å². The molecule has 0 heterocycles. The van der Waals surface area contributed by atoms with E-state index < -0.39 is 5.97 Å². The summed E-state index contributed by atoms with van der Waals surface area (Å²) in [5.74, 6) is -0.213. The maximum absolute atomic E-state index is 10.3. The first-order valence-electron chi connectivity index (χ1n) is 5.47. The van der Waals surface area contributed by atoms with Crippen molar-refractivity contribution in [1.82, 2.24) is 5.32 Å². The van der Waals surface area contributed by atoms with Crippen molar-refractivity contribution in [3.05, 3.63) is 28.8 Å². The van der Waals surface area contributed by atoms with Crippen LogP contribution < -0.4 is 10.1 Å². The lowest BCUT2D eigenvalue weighted by Gasteiger charge is -2.08. The van der Waals surface area contributed by atoms with Crippen molar-refractivity contribution in [2.75, 3.05) is 13.2 Å². The first-order valence-corrected chi connectivity index (χ1v) is 5.85. The van der Waals surface area contributed by atoms with E-state index in [-0.39, 0.29) is 19.0 Å². The van der Waals surface area contributed by atoms with E-state index in [2.05, 4.69) is 5.32 Å². The monoisotopic (exact) mass is 293 g/mol. The largest absolute Gasteiger partial charge is 0.492 e. The quantitative estimate of drug-likeness (QED) is 0.812. The molecular formula is C12H17Cl2NO3. The fraction of sp³-hybridized carbons (Fsp3) is 0.417. The molecule has 0 aliphatic carbocycles. The lowest BCUT2D eigenvalue weighted by molar-refractivity contribution is -0.135. The van der Waals surface area contributed by atoms with Crippen LogP contribution in [0.15, 0.2) is 18.2 Å². The predicted molar refractivity (Wildman–Crippen MR) is 73.8 cm³/mol. The normalized spacial score (nSPS) is 9.67. The summed E-state index contributed by atoms with van der Waals surface area (Å²) in [5.41, 5.74) is 0.931. The van der Waals surface area contributed by atoms with E-state index >= 15 is 0 Å². The Labute approximate surface area is 118 Å². The second-order valence-electron chi connectivity index (χ2n) is 3.61. The highest BCUT2D eigenvalue weighted by molar-refractivity contribution is 6.32. The van der Waals surface area contributed by atoms with Gasteiger partial charge in [0, 0.05) is 6.54 Å². The third kappa shape index (κ3) is 6.10. The van der Waals surface area contributed by atoms with Crippen LogP contribution in [0.25, 0.3) is 0 Å². The maximum Gasteiger partial charge on any atom is 0.317 e. The lowest BCUT2D eigenvalue weighted by atomic mass is 10.2. The molecular weight excluding hydrogens is 277 g/mol. The summed E-state index contributed by atoms with van der Waals surface area (Å²) in [4.78, 5) is 10.3. The summed E-state index contributed by atoms with van der Waals surface area (Å²) in [6, 6.07) is 5.45. The first kappa shape index (κ1) is 17.0. The predicted octanol–water partition coefficient (Wildman–Crippen LogP) is 2.72. The summed E-state index contributed by atoms with van der Waals surface area (Å²) in [6.45, 7) is 3.07. The van der Waals surface area contributed by atoms with Crippen LogP contribution in [0.1, 0.15) is 18.9 Å². The molecule has 18 heavy (non-hydrogen) atoms. The molecule has 0 fully saturated rings. The number of carboxylic acids is 1. The Balaban J connectivity index is 0.00000289. The Morgan fingerprint density at radius 2 is 2.22 bits per heavy atom. The fourth-order valence-corrected chi connectivity index (χ4v) is 1.55. The molecule has 1 aromatic carbocycles. The minimum absolute atomic E-state index is 0. The number of aliphatic carboxylic acids is 1. The smallest absolute Gasteiger partial charge is 0.317 e. The summed E-state index contributed by atoms with van der Waals surface area (Å²) < 4.78 is 5.44. The van der Waals surface area contributed by atoms with Crippen LogP contribution in [0.3, 0.4) is 0 Å². The van der Waals surface area contributed by atoms with Crippen LogP contribution in [0.4, 0.5) is 0 Å². The highest BCUT2D eigenvalue weighted by Gasteiger charge is 2.03. The van der Waals surface area contributed by atoms with Gasteiger partial charge in [0.25, 0.3) is 0 Å². The molecule has 0 amide bonds. The van der Waals surface area contributed by atoms with Gasteiger partial charge in [0.15, 0.2) is 0 Å². The minimum atomic E-state index is -0.876. The van der Waals surface area contributed by atoms with Crippen LogP contribution in [-0.4, -0.2) is 24.2 Å². The van der Waals surface area contributed by atoms with Crippen molar-refractivity contribution in [1.29, 1.82) is 0 Å². The lowest BCUT2D eigenvalue weighted by Crippen LogP contribution is -2.21. The van der Waals surface area contributed by atoms with Gasteiger partial charge in [-0.1, -0.05) is 24.6 Å². The Morgan fingerprint density at radius 1 is 1.50 bits per heavy atom. The third-order valence-corrected chi connectivity index (χ3v) is 2.36. The van der Waals surface area contributed by atoms with Crippen LogP contribution >= 0.6 is 24.0 Å². The molecule has 0 saturated carbocycles. The number of carboxylic acid groups (broad SMARTS) is 1. The van der Waals surface area contributed by atoms with Crippen LogP contribution in [0.2, 0.25) is 5.02 Å². The number of rotatable bonds is 7. The van der Waals surface area contributed by atoms with E-state index in [9.17, 15) is 4.79 Å².